The molecule has 1 aromatic rings. The molecule has 0 spiro atoms. The Morgan fingerprint density at radius 1 is 1.10 bits per heavy atom. The van der Waals surface area contributed by atoms with E-state index >= 15 is 0 Å². The van der Waals surface area contributed by atoms with E-state index in [0.29, 0.717) is 17.2 Å². The highest BCUT2D eigenvalue weighted by atomic mass is 16.2. The van der Waals surface area contributed by atoms with E-state index in [4.69, 9.17) is 0 Å². The predicted octanol–water partition coefficient (Wildman–Crippen LogP) is 1.05. The monoisotopic (exact) mass is 424 g/mol. The van der Waals surface area contributed by atoms with Crippen LogP contribution in [0.15, 0.2) is 18.2 Å². The van der Waals surface area contributed by atoms with E-state index in [1.165, 1.54) is 19.3 Å². The summed E-state index contributed by atoms with van der Waals surface area (Å²) in [6, 6.07) is 5.02. The zero-order valence-corrected chi connectivity index (χ0v) is 17.8. The number of amides is 4. The van der Waals surface area contributed by atoms with Crippen LogP contribution >= 0.6 is 0 Å². The van der Waals surface area contributed by atoms with Gasteiger partial charge in [0.25, 0.3) is 11.8 Å². The van der Waals surface area contributed by atoms with Crippen molar-refractivity contribution in [2.75, 3.05) is 19.6 Å². The average molecular weight is 425 g/mol. The van der Waals surface area contributed by atoms with Gasteiger partial charge in [-0.25, -0.2) is 0 Å². The van der Waals surface area contributed by atoms with Gasteiger partial charge in [0.05, 0.1) is 11.1 Å². The van der Waals surface area contributed by atoms with Crippen LogP contribution in [0, 0.1) is 5.41 Å². The number of imide groups is 2. The Hall–Kier alpha value is -2.58. The fraction of sp³-hybridized carbons (Fsp3) is 0.565. The third-order valence-electron chi connectivity index (χ3n) is 7.47. The van der Waals surface area contributed by atoms with Gasteiger partial charge in [-0.2, -0.15) is 0 Å². The molecule has 3 heterocycles. The molecule has 3 fully saturated rings. The van der Waals surface area contributed by atoms with Gasteiger partial charge in [-0.3, -0.25) is 34.3 Å². The van der Waals surface area contributed by atoms with E-state index in [1.54, 1.807) is 6.07 Å². The van der Waals surface area contributed by atoms with Gasteiger partial charge < -0.3 is 5.32 Å². The van der Waals surface area contributed by atoms with E-state index in [-0.39, 0.29) is 24.2 Å². The number of hydrogen-bond acceptors (Lipinski definition) is 6. The summed E-state index contributed by atoms with van der Waals surface area (Å²) in [5.74, 6) is -1.85. The van der Waals surface area contributed by atoms with Gasteiger partial charge in [-0.1, -0.05) is 19.4 Å². The van der Waals surface area contributed by atoms with E-state index < -0.39 is 23.8 Å². The van der Waals surface area contributed by atoms with Crippen LogP contribution in [0.5, 0.6) is 0 Å². The molecule has 0 aromatic heterocycles. The number of piperidine rings is 1. The first-order valence-corrected chi connectivity index (χ1v) is 11.2. The third-order valence-corrected chi connectivity index (χ3v) is 7.47. The molecule has 5 rings (SSSR count). The number of nitrogens with zero attached hydrogens (tertiary/aromatic N) is 2. The molecule has 4 aliphatic rings. The Kier molecular flexibility index (Phi) is 4.94. The van der Waals surface area contributed by atoms with Crippen molar-refractivity contribution in [3.63, 3.8) is 0 Å². The first-order chi connectivity index (χ1) is 14.9. The smallest absolute Gasteiger partial charge is 0.262 e. The summed E-state index contributed by atoms with van der Waals surface area (Å²) in [5.41, 5.74) is 1.96. The van der Waals surface area contributed by atoms with Gasteiger partial charge in [0.2, 0.25) is 11.8 Å². The SMILES string of the molecule is C[C@@]12CCC[C@H]1N(Cc1ccc3c(c1)C(=O)N(C1CCC(=O)NC1=O)C3=O)CCNC2. The van der Waals surface area contributed by atoms with Crippen LogP contribution in [0.2, 0.25) is 0 Å². The summed E-state index contributed by atoms with van der Waals surface area (Å²) < 4.78 is 0. The molecule has 1 aromatic carbocycles. The molecule has 3 atom stereocenters. The Bertz CT molecular complexity index is 976. The second-order valence-electron chi connectivity index (χ2n) is 9.54. The molecule has 31 heavy (non-hydrogen) atoms. The Morgan fingerprint density at radius 3 is 2.71 bits per heavy atom. The van der Waals surface area contributed by atoms with Gasteiger partial charge in [0.1, 0.15) is 6.04 Å². The molecular formula is C23H28N4O4. The maximum absolute atomic E-state index is 13.1. The minimum Gasteiger partial charge on any atom is -0.315 e. The van der Waals surface area contributed by atoms with E-state index in [1.807, 2.05) is 12.1 Å². The van der Waals surface area contributed by atoms with Crippen molar-refractivity contribution < 1.29 is 19.2 Å². The van der Waals surface area contributed by atoms with Crippen LogP contribution in [0.25, 0.3) is 0 Å². The zero-order valence-electron chi connectivity index (χ0n) is 17.8. The van der Waals surface area contributed by atoms with Crippen molar-refractivity contribution >= 4 is 23.6 Å². The number of benzene rings is 1. The summed E-state index contributed by atoms with van der Waals surface area (Å²) in [6.07, 6.45) is 3.93. The number of nitrogens with one attached hydrogen (secondary N) is 2. The molecule has 2 saturated heterocycles. The maximum Gasteiger partial charge on any atom is 0.262 e. The quantitative estimate of drug-likeness (QED) is 0.704. The lowest BCUT2D eigenvalue weighted by molar-refractivity contribution is -0.136. The van der Waals surface area contributed by atoms with Crippen molar-refractivity contribution in [1.82, 2.24) is 20.4 Å². The van der Waals surface area contributed by atoms with Gasteiger partial charge >= 0.3 is 0 Å². The lowest BCUT2D eigenvalue weighted by atomic mass is 9.84. The maximum atomic E-state index is 13.1. The molecule has 1 unspecified atom stereocenters. The van der Waals surface area contributed by atoms with Crippen LogP contribution in [0.4, 0.5) is 0 Å². The summed E-state index contributed by atoms with van der Waals surface area (Å²) >= 11 is 0. The first-order valence-electron chi connectivity index (χ1n) is 11.2. The molecule has 1 saturated carbocycles. The fourth-order valence-electron chi connectivity index (χ4n) is 5.84. The normalized spacial score (nSPS) is 31.5. The minimum atomic E-state index is -0.926. The Morgan fingerprint density at radius 2 is 1.90 bits per heavy atom. The number of rotatable bonds is 3. The summed E-state index contributed by atoms with van der Waals surface area (Å²) in [7, 11) is 0. The molecule has 0 bridgehead atoms. The lowest BCUT2D eigenvalue weighted by Gasteiger charge is -2.37. The van der Waals surface area contributed by atoms with Crippen molar-refractivity contribution in [3.8, 4) is 0 Å². The first kappa shape index (κ1) is 20.3. The molecule has 1 aliphatic carbocycles. The van der Waals surface area contributed by atoms with Crippen LogP contribution in [0.1, 0.15) is 65.3 Å². The number of hydrogen-bond donors (Lipinski definition) is 2. The minimum absolute atomic E-state index is 0.123. The van der Waals surface area contributed by atoms with Crippen molar-refractivity contribution in [1.29, 1.82) is 0 Å². The van der Waals surface area contributed by atoms with Gasteiger partial charge in [0.15, 0.2) is 0 Å². The van der Waals surface area contributed by atoms with Crippen molar-refractivity contribution in [3.05, 3.63) is 34.9 Å². The van der Waals surface area contributed by atoms with Gasteiger partial charge in [-0.15, -0.1) is 0 Å². The highest BCUT2D eigenvalue weighted by Gasteiger charge is 2.45. The molecule has 8 nitrogen and oxygen atoms in total. The standard InChI is InChI=1S/C23H28N4O4/c1-23-8-2-3-18(23)26(10-9-24-13-23)12-14-4-5-15-16(11-14)22(31)27(21(15)30)17-6-7-19(28)25-20(17)29/h4-5,11,17-18,24H,2-3,6-10,12-13H2,1H3,(H,25,28,29)/t17?,18-,23+/m1/s1. The molecule has 2 N–H and O–H groups in total. The molecule has 4 amide bonds. The number of carbonyl (C=O) groups excluding carboxylic acids is 4. The van der Waals surface area contributed by atoms with E-state index in [2.05, 4.69) is 22.5 Å². The highest BCUT2D eigenvalue weighted by molar-refractivity contribution is 6.23. The predicted molar refractivity (Wildman–Crippen MR) is 112 cm³/mol. The van der Waals surface area contributed by atoms with Crippen molar-refractivity contribution in [2.45, 2.75) is 57.7 Å². The van der Waals surface area contributed by atoms with E-state index in [0.717, 1.165) is 36.6 Å². The third kappa shape index (κ3) is 3.38. The Labute approximate surface area is 181 Å². The molecule has 3 aliphatic heterocycles. The second kappa shape index (κ2) is 7.53. The lowest BCUT2D eigenvalue weighted by Crippen LogP contribution is -2.54. The van der Waals surface area contributed by atoms with Crippen molar-refractivity contribution in [2.24, 2.45) is 5.41 Å². The van der Waals surface area contributed by atoms with Gasteiger partial charge in [-0.05, 0) is 42.4 Å². The summed E-state index contributed by atoms with van der Waals surface area (Å²) in [5, 5.41) is 5.80. The topological polar surface area (TPSA) is 98.8 Å². The summed E-state index contributed by atoms with van der Waals surface area (Å²) in [6.45, 7) is 6.02. The van der Waals surface area contributed by atoms with Crippen LogP contribution < -0.4 is 10.6 Å². The zero-order chi connectivity index (χ0) is 21.8. The molecule has 8 heteroatoms. The van der Waals surface area contributed by atoms with Crippen LogP contribution in [-0.2, 0) is 16.1 Å². The highest BCUT2D eigenvalue weighted by Crippen LogP contribution is 2.42. The van der Waals surface area contributed by atoms with E-state index in [9.17, 15) is 19.2 Å². The molecule has 164 valence electrons. The van der Waals surface area contributed by atoms with Crippen LogP contribution in [0.3, 0.4) is 0 Å². The second-order valence-corrected chi connectivity index (χ2v) is 9.54. The number of fused-ring (bicyclic) bond motifs is 2. The molecular weight excluding hydrogens is 396 g/mol. The average Bonchev–Trinajstić information content (AvgIpc) is 3.18. The van der Waals surface area contributed by atoms with Crippen LogP contribution in [-0.4, -0.2) is 65.1 Å². The molecule has 0 radical (unpaired) electrons. The summed E-state index contributed by atoms with van der Waals surface area (Å²) in [4.78, 5) is 53.2. The fourth-order valence-corrected chi connectivity index (χ4v) is 5.84. The Balaban J connectivity index is 1.38. The largest absolute Gasteiger partial charge is 0.315 e. The number of carbonyl (C=O) groups is 4. The van der Waals surface area contributed by atoms with Gasteiger partial charge in [0, 0.05) is 38.6 Å².